The Morgan fingerprint density at radius 3 is 2.55 bits per heavy atom. The zero-order chi connectivity index (χ0) is 20.2. The molecule has 0 radical (unpaired) electrons. The third-order valence-electron chi connectivity index (χ3n) is 4.80. The zero-order valence-corrected chi connectivity index (χ0v) is 16.4. The molecule has 4 rings (SSSR count). The lowest BCUT2D eigenvalue weighted by atomic mass is 10.1. The molecule has 1 saturated heterocycles. The topological polar surface area (TPSA) is 92.5 Å². The van der Waals surface area contributed by atoms with E-state index in [-0.39, 0.29) is 11.6 Å². The van der Waals surface area contributed by atoms with Crippen LogP contribution in [0, 0.1) is 10.1 Å². The second kappa shape index (κ2) is 8.36. The Morgan fingerprint density at radius 1 is 1.07 bits per heavy atom. The van der Waals surface area contributed by atoms with Crippen molar-refractivity contribution in [2.24, 2.45) is 0 Å². The molecular formula is C20H19N5O3S. The molecule has 3 aromatic rings. The van der Waals surface area contributed by atoms with E-state index in [0.29, 0.717) is 38.2 Å². The first-order valence-corrected chi connectivity index (χ1v) is 10.0. The highest BCUT2D eigenvalue weighted by molar-refractivity contribution is 7.09. The van der Waals surface area contributed by atoms with Crippen LogP contribution in [-0.4, -0.2) is 51.3 Å². The van der Waals surface area contributed by atoms with Crippen LogP contribution < -0.4 is 4.90 Å². The summed E-state index contributed by atoms with van der Waals surface area (Å²) in [5.41, 5.74) is 1.44. The number of piperazine rings is 1. The highest BCUT2D eigenvalue weighted by Crippen LogP contribution is 2.22. The van der Waals surface area contributed by atoms with Gasteiger partial charge in [-0.2, -0.15) is 4.37 Å². The van der Waals surface area contributed by atoms with Gasteiger partial charge in [-0.15, -0.1) is 0 Å². The van der Waals surface area contributed by atoms with Crippen LogP contribution in [0.2, 0.25) is 0 Å². The minimum atomic E-state index is -0.489. The fourth-order valence-corrected chi connectivity index (χ4v) is 4.00. The Balaban J connectivity index is 1.36. The molecule has 9 heteroatoms. The van der Waals surface area contributed by atoms with Crippen molar-refractivity contribution in [3.63, 3.8) is 0 Å². The largest absolute Gasteiger partial charge is 0.343 e. The van der Waals surface area contributed by atoms with E-state index in [2.05, 4.69) is 26.4 Å². The summed E-state index contributed by atoms with van der Waals surface area (Å²) in [6.45, 7) is 2.38. The quantitative estimate of drug-likeness (QED) is 0.475. The molecular weight excluding hydrogens is 390 g/mol. The Bertz CT molecular complexity index is 1020. The maximum atomic E-state index is 12.7. The molecule has 1 amide bonds. The highest BCUT2D eigenvalue weighted by Gasteiger charge is 2.25. The Hall–Kier alpha value is -3.33. The predicted octanol–water partition coefficient (Wildman–Crippen LogP) is 3.00. The van der Waals surface area contributed by atoms with Gasteiger partial charge in [0.2, 0.25) is 5.13 Å². The minimum absolute atomic E-state index is 0.0747. The van der Waals surface area contributed by atoms with Gasteiger partial charge in [0.05, 0.1) is 4.92 Å². The van der Waals surface area contributed by atoms with Crippen LogP contribution in [0.15, 0.2) is 54.6 Å². The number of hydrogen-bond acceptors (Lipinski definition) is 7. The Morgan fingerprint density at radius 2 is 1.83 bits per heavy atom. The SMILES string of the molecule is O=C(c1cccc([N+](=O)[O-])c1)N1CCN(c2nc(Cc3ccccc3)ns2)CC1. The van der Waals surface area contributed by atoms with Gasteiger partial charge >= 0.3 is 0 Å². The summed E-state index contributed by atoms with van der Waals surface area (Å²) in [6, 6.07) is 16.0. The summed E-state index contributed by atoms with van der Waals surface area (Å²) < 4.78 is 4.46. The number of amides is 1. The monoisotopic (exact) mass is 409 g/mol. The Labute approximate surface area is 171 Å². The molecule has 1 aromatic heterocycles. The normalized spacial score (nSPS) is 14.1. The van der Waals surface area contributed by atoms with Crippen LogP contribution in [0.3, 0.4) is 0 Å². The number of hydrogen-bond donors (Lipinski definition) is 0. The number of anilines is 1. The lowest BCUT2D eigenvalue weighted by Gasteiger charge is -2.34. The van der Waals surface area contributed by atoms with Gasteiger partial charge in [0, 0.05) is 61.8 Å². The average Bonchev–Trinajstić information content (AvgIpc) is 3.22. The molecule has 0 aliphatic carbocycles. The fourth-order valence-electron chi connectivity index (χ4n) is 3.26. The van der Waals surface area contributed by atoms with Crippen LogP contribution in [0.25, 0.3) is 0 Å². The standard InChI is InChI=1S/C20H19N5O3S/c26-19(16-7-4-8-17(14-16)25(27)28)23-9-11-24(12-10-23)20-21-18(22-29-20)13-15-5-2-1-3-6-15/h1-8,14H,9-13H2. The average molecular weight is 409 g/mol. The zero-order valence-electron chi connectivity index (χ0n) is 15.6. The third kappa shape index (κ3) is 4.40. The van der Waals surface area contributed by atoms with E-state index in [1.165, 1.54) is 35.3 Å². The van der Waals surface area contributed by atoms with E-state index < -0.39 is 4.92 Å². The van der Waals surface area contributed by atoms with E-state index in [0.717, 1.165) is 11.0 Å². The van der Waals surface area contributed by atoms with E-state index in [4.69, 9.17) is 0 Å². The number of nitro groups is 1. The first kappa shape index (κ1) is 19.0. The molecule has 1 fully saturated rings. The maximum Gasteiger partial charge on any atom is 0.270 e. The number of rotatable bonds is 5. The maximum absolute atomic E-state index is 12.7. The van der Waals surface area contributed by atoms with Crippen LogP contribution in [0.4, 0.5) is 10.8 Å². The van der Waals surface area contributed by atoms with Crippen molar-refractivity contribution in [1.29, 1.82) is 0 Å². The highest BCUT2D eigenvalue weighted by atomic mass is 32.1. The second-order valence-electron chi connectivity index (χ2n) is 6.74. The fraction of sp³-hybridized carbons (Fsp3) is 0.250. The molecule has 1 aliphatic rings. The number of non-ortho nitro benzene ring substituents is 1. The molecule has 0 atom stereocenters. The molecule has 1 aliphatic heterocycles. The second-order valence-corrected chi connectivity index (χ2v) is 7.47. The molecule has 8 nitrogen and oxygen atoms in total. The molecule has 0 unspecified atom stereocenters. The van der Waals surface area contributed by atoms with Crippen molar-refractivity contribution in [3.05, 3.63) is 81.7 Å². The van der Waals surface area contributed by atoms with E-state index in [1.807, 2.05) is 18.2 Å². The van der Waals surface area contributed by atoms with E-state index in [1.54, 1.807) is 11.0 Å². The number of nitrogens with zero attached hydrogens (tertiary/aromatic N) is 5. The van der Waals surface area contributed by atoms with Gasteiger partial charge in [-0.3, -0.25) is 14.9 Å². The van der Waals surface area contributed by atoms with Crippen molar-refractivity contribution in [2.75, 3.05) is 31.1 Å². The molecule has 2 heterocycles. The Kier molecular flexibility index (Phi) is 5.48. The van der Waals surface area contributed by atoms with Gasteiger partial charge in [-0.25, -0.2) is 4.98 Å². The van der Waals surface area contributed by atoms with Crippen molar-refractivity contribution >= 4 is 28.3 Å². The van der Waals surface area contributed by atoms with Crippen LogP contribution in [0.1, 0.15) is 21.7 Å². The molecule has 148 valence electrons. The van der Waals surface area contributed by atoms with Gasteiger partial charge in [0.15, 0.2) is 0 Å². The summed E-state index contributed by atoms with van der Waals surface area (Å²) in [4.78, 5) is 31.6. The van der Waals surface area contributed by atoms with Crippen LogP contribution >= 0.6 is 11.5 Å². The number of aromatic nitrogens is 2. The lowest BCUT2D eigenvalue weighted by molar-refractivity contribution is -0.384. The first-order valence-electron chi connectivity index (χ1n) is 9.25. The van der Waals surface area contributed by atoms with Crippen LogP contribution in [-0.2, 0) is 6.42 Å². The van der Waals surface area contributed by atoms with Gasteiger partial charge in [-0.1, -0.05) is 36.4 Å². The van der Waals surface area contributed by atoms with Crippen molar-refractivity contribution < 1.29 is 9.72 Å². The number of carbonyl (C=O) groups excluding carboxylic acids is 1. The summed E-state index contributed by atoms with van der Waals surface area (Å²) in [5.74, 6) is 0.613. The summed E-state index contributed by atoms with van der Waals surface area (Å²) >= 11 is 1.37. The molecule has 0 N–H and O–H groups in total. The minimum Gasteiger partial charge on any atom is -0.343 e. The van der Waals surface area contributed by atoms with Gasteiger partial charge in [0.25, 0.3) is 11.6 Å². The summed E-state index contributed by atoms with van der Waals surface area (Å²) in [7, 11) is 0. The number of benzene rings is 2. The third-order valence-corrected chi connectivity index (χ3v) is 5.62. The number of carbonyl (C=O) groups is 1. The lowest BCUT2D eigenvalue weighted by Crippen LogP contribution is -2.48. The molecule has 2 aromatic carbocycles. The van der Waals surface area contributed by atoms with E-state index >= 15 is 0 Å². The molecule has 29 heavy (non-hydrogen) atoms. The van der Waals surface area contributed by atoms with Gasteiger partial charge in [-0.05, 0) is 11.6 Å². The van der Waals surface area contributed by atoms with Crippen molar-refractivity contribution in [2.45, 2.75) is 6.42 Å². The smallest absolute Gasteiger partial charge is 0.270 e. The van der Waals surface area contributed by atoms with Gasteiger partial charge < -0.3 is 9.80 Å². The van der Waals surface area contributed by atoms with Crippen molar-refractivity contribution in [1.82, 2.24) is 14.3 Å². The first-order chi connectivity index (χ1) is 14.1. The van der Waals surface area contributed by atoms with E-state index in [9.17, 15) is 14.9 Å². The molecule has 0 saturated carbocycles. The predicted molar refractivity (Wildman–Crippen MR) is 110 cm³/mol. The molecule has 0 bridgehead atoms. The van der Waals surface area contributed by atoms with Crippen LogP contribution in [0.5, 0.6) is 0 Å². The number of nitro benzene ring substituents is 1. The van der Waals surface area contributed by atoms with Crippen molar-refractivity contribution in [3.8, 4) is 0 Å². The summed E-state index contributed by atoms with van der Waals surface area (Å²) in [6.07, 6.45) is 0.697. The molecule has 0 spiro atoms. The summed E-state index contributed by atoms with van der Waals surface area (Å²) in [5, 5.41) is 11.8. The van der Waals surface area contributed by atoms with Gasteiger partial charge in [0.1, 0.15) is 5.82 Å².